The van der Waals surface area contributed by atoms with Crippen LogP contribution in [0.3, 0.4) is 0 Å². The molecule has 0 amide bonds. The lowest BCUT2D eigenvalue weighted by molar-refractivity contribution is 0.101. The number of rotatable bonds is 5. The van der Waals surface area contributed by atoms with Gasteiger partial charge in [-0.25, -0.2) is 0 Å². The number of hydrogen-bond donors (Lipinski definition) is 1. The monoisotopic (exact) mass is 456 g/mol. The Hall–Kier alpha value is -3.77. The summed E-state index contributed by atoms with van der Waals surface area (Å²) in [7, 11) is 1.67. The SMILES string of the molecule is COc1ccc(N2CCN(Cc3c(O)ccc4c3O/C(=C\c3ccccc3C)C4=O)CC2)cc1. The number of hydrogen-bond acceptors (Lipinski definition) is 6. The zero-order chi connectivity index (χ0) is 23.7. The van der Waals surface area contributed by atoms with Gasteiger partial charge in [-0.15, -0.1) is 0 Å². The van der Waals surface area contributed by atoms with Crippen molar-refractivity contribution in [3.63, 3.8) is 0 Å². The summed E-state index contributed by atoms with van der Waals surface area (Å²) in [4.78, 5) is 17.6. The number of ether oxygens (including phenoxy) is 2. The van der Waals surface area contributed by atoms with Crippen LogP contribution in [0.5, 0.6) is 17.2 Å². The number of ketones is 1. The molecule has 2 aliphatic heterocycles. The minimum atomic E-state index is -0.149. The number of allylic oxidation sites excluding steroid dienone is 1. The van der Waals surface area contributed by atoms with Crippen LogP contribution in [0.4, 0.5) is 5.69 Å². The number of phenolic OH excluding ortho intramolecular Hbond substituents is 1. The van der Waals surface area contributed by atoms with Crippen molar-refractivity contribution in [2.75, 3.05) is 38.2 Å². The molecule has 34 heavy (non-hydrogen) atoms. The van der Waals surface area contributed by atoms with Crippen molar-refractivity contribution in [3.05, 3.63) is 88.7 Å². The zero-order valence-electron chi connectivity index (χ0n) is 19.5. The van der Waals surface area contributed by atoms with Gasteiger partial charge < -0.3 is 19.5 Å². The minimum Gasteiger partial charge on any atom is -0.507 e. The third-order valence-electron chi connectivity index (χ3n) is 6.58. The van der Waals surface area contributed by atoms with Gasteiger partial charge in [-0.1, -0.05) is 24.3 Å². The zero-order valence-corrected chi connectivity index (χ0v) is 19.5. The second-order valence-corrected chi connectivity index (χ2v) is 8.70. The highest BCUT2D eigenvalue weighted by Crippen LogP contribution is 2.40. The second-order valence-electron chi connectivity index (χ2n) is 8.70. The Morgan fingerprint density at radius 2 is 1.74 bits per heavy atom. The average molecular weight is 457 g/mol. The van der Waals surface area contributed by atoms with Crippen LogP contribution in [0.15, 0.2) is 66.4 Å². The summed E-state index contributed by atoms with van der Waals surface area (Å²) in [6.45, 7) is 5.96. The van der Waals surface area contributed by atoms with Crippen molar-refractivity contribution in [1.29, 1.82) is 0 Å². The van der Waals surface area contributed by atoms with E-state index in [2.05, 4.69) is 21.9 Å². The molecule has 3 aromatic rings. The third kappa shape index (κ3) is 4.24. The fourth-order valence-electron chi connectivity index (χ4n) is 4.52. The number of phenols is 1. The number of fused-ring (bicyclic) bond motifs is 1. The largest absolute Gasteiger partial charge is 0.507 e. The smallest absolute Gasteiger partial charge is 0.231 e. The van der Waals surface area contributed by atoms with E-state index in [9.17, 15) is 9.90 Å². The molecule has 1 N–H and O–H groups in total. The first kappa shape index (κ1) is 22.0. The molecular weight excluding hydrogens is 428 g/mol. The summed E-state index contributed by atoms with van der Waals surface area (Å²) >= 11 is 0. The van der Waals surface area contributed by atoms with Crippen LogP contribution < -0.4 is 14.4 Å². The number of carbonyl (C=O) groups is 1. The highest BCUT2D eigenvalue weighted by atomic mass is 16.5. The van der Waals surface area contributed by atoms with Crippen LogP contribution in [-0.4, -0.2) is 49.1 Å². The van der Waals surface area contributed by atoms with Gasteiger partial charge in [0.2, 0.25) is 5.78 Å². The van der Waals surface area contributed by atoms with Crippen LogP contribution in [0.2, 0.25) is 0 Å². The van der Waals surface area contributed by atoms with E-state index in [1.807, 2.05) is 43.3 Å². The highest BCUT2D eigenvalue weighted by Gasteiger charge is 2.32. The number of anilines is 1. The maximum Gasteiger partial charge on any atom is 0.231 e. The van der Waals surface area contributed by atoms with Gasteiger partial charge in [0.25, 0.3) is 0 Å². The second kappa shape index (κ2) is 9.23. The average Bonchev–Trinajstić information content (AvgIpc) is 3.18. The predicted octanol–water partition coefficient (Wildman–Crippen LogP) is 4.65. The van der Waals surface area contributed by atoms with Crippen LogP contribution >= 0.6 is 0 Å². The molecule has 0 spiro atoms. The Balaban J connectivity index is 1.31. The molecule has 5 rings (SSSR count). The molecule has 0 saturated carbocycles. The van der Waals surface area contributed by atoms with Gasteiger partial charge in [0.1, 0.15) is 17.2 Å². The standard InChI is InChI=1S/C28H28N2O4/c1-19-5-3-4-6-20(19)17-26-27(32)23-11-12-25(31)24(28(23)34-26)18-29-13-15-30(16-14-29)21-7-9-22(33-2)10-8-21/h3-12,17,31H,13-16,18H2,1-2H3/b26-17-. The molecule has 1 saturated heterocycles. The van der Waals surface area contributed by atoms with Gasteiger partial charge in [-0.3, -0.25) is 9.69 Å². The molecule has 0 atom stereocenters. The number of aromatic hydroxyl groups is 1. The van der Waals surface area contributed by atoms with E-state index >= 15 is 0 Å². The molecule has 2 aliphatic rings. The lowest BCUT2D eigenvalue weighted by Crippen LogP contribution is -2.46. The molecule has 3 aromatic carbocycles. The number of Topliss-reactive ketones (excluding diaryl/α,β-unsaturated/α-hetero) is 1. The summed E-state index contributed by atoms with van der Waals surface area (Å²) in [6, 6.07) is 19.2. The Bertz CT molecular complexity index is 1240. The van der Waals surface area contributed by atoms with E-state index in [0.717, 1.165) is 43.1 Å². The third-order valence-corrected chi connectivity index (χ3v) is 6.58. The number of piperazine rings is 1. The predicted molar refractivity (Wildman–Crippen MR) is 133 cm³/mol. The number of nitrogens with zero attached hydrogens (tertiary/aromatic N) is 2. The lowest BCUT2D eigenvalue weighted by atomic mass is 10.0. The minimum absolute atomic E-state index is 0.149. The first-order chi connectivity index (χ1) is 16.5. The van der Waals surface area contributed by atoms with Crippen molar-refractivity contribution < 1.29 is 19.4 Å². The Kier molecular flexibility index (Phi) is 5.99. The van der Waals surface area contributed by atoms with E-state index in [4.69, 9.17) is 9.47 Å². The van der Waals surface area contributed by atoms with E-state index in [1.54, 1.807) is 25.3 Å². The molecule has 174 valence electrons. The molecule has 0 unspecified atom stereocenters. The summed E-state index contributed by atoms with van der Waals surface area (Å²) in [5, 5.41) is 10.6. The van der Waals surface area contributed by atoms with Crippen LogP contribution in [-0.2, 0) is 6.54 Å². The van der Waals surface area contributed by atoms with Gasteiger partial charge >= 0.3 is 0 Å². The Morgan fingerprint density at radius 1 is 1.00 bits per heavy atom. The number of benzene rings is 3. The van der Waals surface area contributed by atoms with Crippen LogP contribution in [0.25, 0.3) is 6.08 Å². The van der Waals surface area contributed by atoms with Gasteiger partial charge in [0, 0.05) is 38.4 Å². The van der Waals surface area contributed by atoms with Crippen LogP contribution in [0, 0.1) is 6.92 Å². The van der Waals surface area contributed by atoms with Crippen molar-refractivity contribution >= 4 is 17.5 Å². The highest BCUT2D eigenvalue weighted by molar-refractivity contribution is 6.15. The van der Waals surface area contributed by atoms with E-state index in [1.165, 1.54) is 5.69 Å². The molecule has 0 radical (unpaired) electrons. The fraction of sp³-hybridized carbons (Fsp3) is 0.250. The van der Waals surface area contributed by atoms with E-state index in [-0.39, 0.29) is 11.5 Å². The maximum absolute atomic E-state index is 13.0. The van der Waals surface area contributed by atoms with Crippen molar-refractivity contribution in [2.24, 2.45) is 0 Å². The first-order valence-electron chi connectivity index (χ1n) is 11.5. The number of aryl methyl sites for hydroxylation is 1. The summed E-state index contributed by atoms with van der Waals surface area (Å²) in [6.07, 6.45) is 1.78. The van der Waals surface area contributed by atoms with Crippen molar-refractivity contribution in [1.82, 2.24) is 4.90 Å². The normalized spacial score (nSPS) is 17.1. The van der Waals surface area contributed by atoms with Gasteiger partial charge in [-0.05, 0) is 60.5 Å². The summed E-state index contributed by atoms with van der Waals surface area (Å²) in [5.41, 5.74) is 4.35. The molecule has 0 aliphatic carbocycles. The fourth-order valence-corrected chi connectivity index (χ4v) is 4.52. The van der Waals surface area contributed by atoms with E-state index in [0.29, 0.717) is 29.2 Å². The van der Waals surface area contributed by atoms with Gasteiger partial charge in [0.15, 0.2) is 5.76 Å². The Morgan fingerprint density at radius 3 is 2.44 bits per heavy atom. The Labute approximate surface area is 199 Å². The molecular formula is C28H28N2O4. The quantitative estimate of drug-likeness (QED) is 0.564. The molecule has 1 fully saturated rings. The molecule has 2 heterocycles. The van der Waals surface area contributed by atoms with Crippen LogP contribution in [0.1, 0.15) is 27.0 Å². The van der Waals surface area contributed by atoms with Crippen molar-refractivity contribution in [3.8, 4) is 17.2 Å². The molecule has 0 aromatic heterocycles. The van der Waals surface area contributed by atoms with E-state index < -0.39 is 0 Å². The summed E-state index contributed by atoms with van der Waals surface area (Å²) in [5.74, 6) is 1.62. The topological polar surface area (TPSA) is 62.2 Å². The molecule has 6 nitrogen and oxygen atoms in total. The number of methoxy groups -OCH3 is 1. The maximum atomic E-state index is 13.0. The number of carbonyl (C=O) groups excluding carboxylic acids is 1. The van der Waals surface area contributed by atoms with Gasteiger partial charge in [0.05, 0.1) is 18.2 Å². The van der Waals surface area contributed by atoms with Gasteiger partial charge in [-0.2, -0.15) is 0 Å². The molecule has 0 bridgehead atoms. The van der Waals surface area contributed by atoms with Crippen molar-refractivity contribution in [2.45, 2.75) is 13.5 Å². The lowest BCUT2D eigenvalue weighted by Gasteiger charge is -2.36. The summed E-state index contributed by atoms with van der Waals surface area (Å²) < 4.78 is 11.3. The molecule has 6 heteroatoms. The first-order valence-corrected chi connectivity index (χ1v) is 11.5.